The molecule has 1 aliphatic carbocycles. The monoisotopic (exact) mass is 378 g/mol. The van der Waals surface area contributed by atoms with Gasteiger partial charge in [-0.3, -0.25) is 4.79 Å². The van der Waals surface area contributed by atoms with E-state index in [1.807, 2.05) is 49.2 Å². The van der Waals surface area contributed by atoms with Gasteiger partial charge in [-0.1, -0.05) is 60.7 Å². The van der Waals surface area contributed by atoms with E-state index in [-0.39, 0.29) is 5.91 Å². The standard InChI is InChI=1S/C22H21NO3P/c1-16(22(25)26-2)23-21(24)19-14-9-15-20(19)27(17-10-5-3-6-11-17)18-12-7-4-8-13-18/h3-16H,1-2H3,(H,23,24)/t16-/m0/s1. The molecule has 0 heterocycles. The molecule has 1 N–H and O–H groups in total. The van der Waals surface area contributed by atoms with Gasteiger partial charge in [0.25, 0.3) is 0 Å². The number of ether oxygens (including phenoxy) is 1. The molecule has 2 aromatic rings. The van der Waals surface area contributed by atoms with E-state index in [2.05, 4.69) is 29.6 Å². The molecule has 0 unspecified atom stereocenters. The summed E-state index contributed by atoms with van der Waals surface area (Å²) in [6.07, 6.45) is 5.67. The Labute approximate surface area is 162 Å². The summed E-state index contributed by atoms with van der Waals surface area (Å²) < 4.78 is 4.70. The fourth-order valence-corrected chi connectivity index (χ4v) is 5.34. The third-order valence-corrected chi connectivity index (χ3v) is 6.71. The smallest absolute Gasteiger partial charge is 0.328 e. The molecule has 27 heavy (non-hydrogen) atoms. The first kappa shape index (κ1) is 19.6. The number of hydrogen-bond acceptors (Lipinski definition) is 3. The van der Waals surface area contributed by atoms with Crippen LogP contribution in [0.4, 0.5) is 0 Å². The Kier molecular flexibility index (Phi) is 6.63. The van der Waals surface area contributed by atoms with Crippen molar-refractivity contribution in [3.05, 3.63) is 91.5 Å². The zero-order chi connectivity index (χ0) is 19.2. The van der Waals surface area contributed by atoms with Crippen molar-refractivity contribution in [2.45, 2.75) is 13.0 Å². The maximum Gasteiger partial charge on any atom is 0.328 e. The van der Waals surface area contributed by atoms with Crippen molar-refractivity contribution < 1.29 is 14.3 Å². The zero-order valence-corrected chi connectivity index (χ0v) is 16.1. The van der Waals surface area contributed by atoms with Crippen LogP contribution in [0.5, 0.6) is 0 Å². The van der Waals surface area contributed by atoms with Gasteiger partial charge in [-0.15, -0.1) is 0 Å². The van der Waals surface area contributed by atoms with Crippen molar-refractivity contribution in [1.82, 2.24) is 5.32 Å². The van der Waals surface area contributed by atoms with Crippen molar-refractivity contribution in [2.75, 3.05) is 7.11 Å². The molecule has 4 nitrogen and oxygen atoms in total. The van der Waals surface area contributed by atoms with Crippen molar-refractivity contribution in [1.29, 1.82) is 0 Å². The van der Waals surface area contributed by atoms with Gasteiger partial charge < -0.3 is 10.1 Å². The number of hydrogen-bond donors (Lipinski definition) is 1. The minimum Gasteiger partial charge on any atom is -0.467 e. The summed E-state index contributed by atoms with van der Waals surface area (Å²) in [4.78, 5) is 24.5. The lowest BCUT2D eigenvalue weighted by atomic mass is 10.1. The predicted octanol–water partition coefficient (Wildman–Crippen LogP) is 2.53. The van der Waals surface area contributed by atoms with Crippen LogP contribution < -0.4 is 15.9 Å². The number of nitrogens with one attached hydrogen (secondary N) is 1. The molecule has 1 aliphatic rings. The Morgan fingerprint density at radius 1 is 0.926 bits per heavy atom. The highest BCUT2D eigenvalue weighted by Crippen LogP contribution is 2.55. The quantitative estimate of drug-likeness (QED) is 0.621. The number of carbonyl (C=O) groups excluding carboxylic acids is 2. The molecule has 1 saturated carbocycles. The second kappa shape index (κ2) is 9.14. The second-order valence-electron chi connectivity index (χ2n) is 6.05. The minimum atomic E-state index is -0.883. The normalized spacial score (nSPS) is 16.3. The highest BCUT2D eigenvalue weighted by molar-refractivity contribution is 7.76. The highest BCUT2D eigenvalue weighted by Gasteiger charge is 2.41. The summed E-state index contributed by atoms with van der Waals surface area (Å²) in [5.74, 6) is -0.151. The molecule has 3 rings (SSSR count). The SMILES string of the molecule is COC(=O)[C@H](C)NC(=O)[C]1[CH][CH][CH][C]1P(c1ccccc1)c1ccccc1. The zero-order valence-electron chi connectivity index (χ0n) is 15.3. The Hall–Kier alpha value is -2.19. The first-order chi connectivity index (χ1) is 13.1. The van der Waals surface area contributed by atoms with Gasteiger partial charge in [-0.25, -0.2) is 4.79 Å². The third kappa shape index (κ3) is 4.56. The van der Waals surface area contributed by atoms with Gasteiger partial charge in [0.05, 0.1) is 13.0 Å². The number of esters is 1. The molecule has 137 valence electrons. The van der Waals surface area contributed by atoms with Crippen LogP contribution in [0.2, 0.25) is 0 Å². The van der Waals surface area contributed by atoms with Crippen LogP contribution in [0.3, 0.4) is 0 Å². The van der Waals surface area contributed by atoms with Gasteiger partial charge in [-0.2, -0.15) is 0 Å². The molecule has 1 fully saturated rings. The maximum absolute atomic E-state index is 12.8. The van der Waals surface area contributed by atoms with Crippen LogP contribution in [0, 0.1) is 30.8 Å². The molecule has 5 radical (unpaired) electrons. The van der Waals surface area contributed by atoms with Crippen LogP contribution >= 0.6 is 7.92 Å². The second-order valence-corrected chi connectivity index (χ2v) is 8.23. The summed E-state index contributed by atoms with van der Waals surface area (Å²) in [5, 5.41) is 5.06. The van der Waals surface area contributed by atoms with Gasteiger partial charge >= 0.3 is 5.97 Å². The molecular formula is C22H21NO3P. The van der Waals surface area contributed by atoms with Crippen LogP contribution in [0.25, 0.3) is 0 Å². The van der Waals surface area contributed by atoms with Gasteiger partial charge in [0, 0.05) is 5.66 Å². The van der Waals surface area contributed by atoms with E-state index in [0.29, 0.717) is 5.92 Å². The number of carbonyl (C=O) groups is 2. The van der Waals surface area contributed by atoms with E-state index in [4.69, 9.17) is 4.74 Å². The van der Waals surface area contributed by atoms with E-state index < -0.39 is 19.9 Å². The van der Waals surface area contributed by atoms with Gasteiger partial charge in [0.15, 0.2) is 0 Å². The summed E-state index contributed by atoms with van der Waals surface area (Å²) in [5.41, 5.74) is 0.969. The van der Waals surface area contributed by atoms with Gasteiger partial charge in [0.2, 0.25) is 5.91 Å². The van der Waals surface area contributed by atoms with Gasteiger partial charge in [-0.05, 0) is 44.7 Å². The first-order valence-corrected chi connectivity index (χ1v) is 10.0. The van der Waals surface area contributed by atoms with E-state index in [0.717, 1.165) is 5.66 Å². The predicted molar refractivity (Wildman–Crippen MR) is 108 cm³/mol. The topological polar surface area (TPSA) is 55.4 Å². The Bertz CT molecular complexity index is 726. The number of methoxy groups -OCH3 is 1. The molecule has 0 saturated heterocycles. The Morgan fingerprint density at radius 2 is 1.48 bits per heavy atom. The van der Waals surface area contributed by atoms with Crippen LogP contribution in [0.15, 0.2) is 60.7 Å². The molecule has 0 spiro atoms. The lowest BCUT2D eigenvalue weighted by molar-refractivity contribution is -0.144. The van der Waals surface area contributed by atoms with Crippen LogP contribution in [-0.4, -0.2) is 25.0 Å². The van der Waals surface area contributed by atoms with E-state index in [1.54, 1.807) is 13.3 Å². The van der Waals surface area contributed by atoms with Crippen LogP contribution in [-0.2, 0) is 14.3 Å². The number of rotatable bonds is 6. The summed E-state index contributed by atoms with van der Waals surface area (Å²) in [6, 6.07) is 19.7. The molecule has 5 heteroatoms. The molecule has 0 aliphatic heterocycles. The van der Waals surface area contributed by atoms with Crippen molar-refractivity contribution in [3.8, 4) is 0 Å². The highest BCUT2D eigenvalue weighted by atomic mass is 31.1. The Morgan fingerprint density at radius 3 is 2.00 bits per heavy atom. The van der Waals surface area contributed by atoms with Crippen LogP contribution in [0.1, 0.15) is 6.92 Å². The summed E-state index contributed by atoms with van der Waals surface area (Å²) >= 11 is 0. The lowest BCUT2D eigenvalue weighted by Gasteiger charge is -2.28. The van der Waals surface area contributed by atoms with Crippen molar-refractivity contribution >= 4 is 30.4 Å². The molecule has 2 aromatic carbocycles. The summed E-state index contributed by atoms with van der Waals surface area (Å²) in [7, 11) is 0.425. The molecule has 0 aromatic heterocycles. The van der Waals surface area contributed by atoms with E-state index in [1.165, 1.54) is 17.7 Å². The maximum atomic E-state index is 12.8. The fraction of sp³-hybridized carbons (Fsp3) is 0.136. The lowest BCUT2D eigenvalue weighted by Crippen LogP contribution is -2.42. The van der Waals surface area contributed by atoms with E-state index >= 15 is 0 Å². The molecule has 1 atom stereocenters. The average Bonchev–Trinajstić information content (AvgIpc) is 3.18. The van der Waals surface area contributed by atoms with E-state index in [9.17, 15) is 9.59 Å². The molecule has 0 bridgehead atoms. The fourth-order valence-electron chi connectivity index (χ4n) is 2.89. The summed E-state index contributed by atoms with van der Waals surface area (Å²) in [6.45, 7) is 1.61. The largest absolute Gasteiger partial charge is 0.467 e. The minimum absolute atomic E-state index is 0.271. The third-order valence-electron chi connectivity index (χ3n) is 4.21. The average molecular weight is 378 g/mol. The van der Waals surface area contributed by atoms with Gasteiger partial charge in [0.1, 0.15) is 6.04 Å². The number of benzene rings is 2. The molecular weight excluding hydrogens is 357 g/mol. The first-order valence-electron chi connectivity index (χ1n) is 8.66. The molecule has 1 amide bonds. The van der Waals surface area contributed by atoms with Crippen molar-refractivity contribution in [3.63, 3.8) is 0 Å². The Balaban J connectivity index is 1.87. The number of amides is 1. The van der Waals surface area contributed by atoms with Crippen molar-refractivity contribution in [2.24, 2.45) is 0 Å².